The summed E-state index contributed by atoms with van der Waals surface area (Å²) in [5.74, 6) is 1.30. The van der Waals surface area contributed by atoms with E-state index in [1.54, 1.807) is 12.5 Å². The lowest BCUT2D eigenvalue weighted by Crippen LogP contribution is -2.14. The molecule has 6 nitrogen and oxygen atoms in total. The summed E-state index contributed by atoms with van der Waals surface area (Å²) in [7, 11) is 1.87. The fourth-order valence-electron chi connectivity index (χ4n) is 1.91. The van der Waals surface area contributed by atoms with Crippen molar-refractivity contribution in [3.05, 3.63) is 30.4 Å². The van der Waals surface area contributed by atoms with Crippen molar-refractivity contribution in [3.63, 3.8) is 0 Å². The van der Waals surface area contributed by atoms with E-state index in [2.05, 4.69) is 28.9 Å². The monoisotopic (exact) mass is 249 g/mol. The molecule has 0 saturated carbocycles. The van der Waals surface area contributed by atoms with Gasteiger partial charge in [-0.25, -0.2) is 14.6 Å². The lowest BCUT2D eigenvalue weighted by molar-refractivity contribution is 0.165. The number of aromatic nitrogens is 5. The van der Waals surface area contributed by atoms with E-state index >= 15 is 0 Å². The number of hydrogen-bond acceptors (Lipinski definition) is 4. The average molecular weight is 249 g/mol. The van der Waals surface area contributed by atoms with E-state index in [-0.39, 0.29) is 0 Å². The van der Waals surface area contributed by atoms with Gasteiger partial charge in [0.15, 0.2) is 0 Å². The number of imidazole rings is 1. The van der Waals surface area contributed by atoms with Gasteiger partial charge in [0.2, 0.25) is 0 Å². The van der Waals surface area contributed by atoms with E-state index in [1.165, 1.54) is 6.33 Å². The van der Waals surface area contributed by atoms with E-state index in [4.69, 9.17) is 0 Å². The first-order valence-corrected chi connectivity index (χ1v) is 6.09. The largest absolute Gasteiger partial charge is 0.386 e. The van der Waals surface area contributed by atoms with E-state index < -0.39 is 6.10 Å². The van der Waals surface area contributed by atoms with Crippen molar-refractivity contribution in [2.24, 2.45) is 13.0 Å². The summed E-state index contributed by atoms with van der Waals surface area (Å²) in [5, 5.41) is 14.4. The molecule has 1 atom stereocenters. The normalized spacial score (nSPS) is 13.2. The van der Waals surface area contributed by atoms with Gasteiger partial charge >= 0.3 is 0 Å². The maximum absolute atomic E-state index is 10.2. The minimum absolute atomic E-state index is 0.451. The lowest BCUT2D eigenvalue weighted by atomic mass is 10.2. The molecule has 0 aliphatic carbocycles. The minimum Gasteiger partial charge on any atom is -0.386 e. The van der Waals surface area contributed by atoms with E-state index in [0.717, 1.165) is 18.1 Å². The SMILES string of the molecule is CC(C)Cn1ncnc1CC(O)c1cncn1C. The van der Waals surface area contributed by atoms with E-state index in [9.17, 15) is 5.11 Å². The molecule has 0 radical (unpaired) electrons. The van der Waals surface area contributed by atoms with E-state index in [0.29, 0.717) is 12.3 Å². The number of nitrogens with zero attached hydrogens (tertiary/aromatic N) is 5. The Labute approximate surface area is 106 Å². The van der Waals surface area contributed by atoms with Crippen LogP contribution in [-0.4, -0.2) is 29.4 Å². The highest BCUT2D eigenvalue weighted by Gasteiger charge is 2.16. The Morgan fingerprint density at radius 2 is 2.17 bits per heavy atom. The first-order valence-electron chi connectivity index (χ1n) is 6.09. The molecule has 2 heterocycles. The quantitative estimate of drug-likeness (QED) is 0.856. The van der Waals surface area contributed by atoms with Gasteiger partial charge in [-0.05, 0) is 5.92 Å². The van der Waals surface area contributed by atoms with Gasteiger partial charge < -0.3 is 9.67 Å². The second kappa shape index (κ2) is 5.30. The molecular weight excluding hydrogens is 230 g/mol. The number of aryl methyl sites for hydroxylation is 1. The van der Waals surface area contributed by atoms with Crippen molar-refractivity contribution in [1.29, 1.82) is 0 Å². The Balaban J connectivity index is 2.10. The Hall–Kier alpha value is -1.69. The van der Waals surface area contributed by atoms with Gasteiger partial charge in [0.25, 0.3) is 0 Å². The third kappa shape index (κ3) is 2.76. The van der Waals surface area contributed by atoms with Gasteiger partial charge in [0.05, 0.1) is 18.2 Å². The number of aliphatic hydroxyl groups is 1. The van der Waals surface area contributed by atoms with Crippen LogP contribution in [0.4, 0.5) is 0 Å². The average Bonchev–Trinajstić information content (AvgIpc) is 2.88. The van der Waals surface area contributed by atoms with Gasteiger partial charge in [0.1, 0.15) is 18.3 Å². The molecular formula is C12H19N5O. The van der Waals surface area contributed by atoms with Crippen molar-refractivity contribution in [1.82, 2.24) is 24.3 Å². The molecule has 0 bridgehead atoms. The molecule has 0 aliphatic rings. The highest BCUT2D eigenvalue weighted by molar-refractivity contribution is 5.05. The van der Waals surface area contributed by atoms with Crippen molar-refractivity contribution >= 4 is 0 Å². The smallest absolute Gasteiger partial charge is 0.138 e. The van der Waals surface area contributed by atoms with Gasteiger partial charge in [-0.2, -0.15) is 5.10 Å². The second-order valence-corrected chi connectivity index (χ2v) is 4.90. The third-order valence-corrected chi connectivity index (χ3v) is 2.81. The zero-order valence-corrected chi connectivity index (χ0v) is 11.0. The molecule has 1 N–H and O–H groups in total. The highest BCUT2D eigenvalue weighted by Crippen LogP contribution is 2.16. The Kier molecular flexibility index (Phi) is 3.76. The molecule has 1 unspecified atom stereocenters. The van der Waals surface area contributed by atoms with E-state index in [1.807, 2.05) is 16.3 Å². The van der Waals surface area contributed by atoms with Crippen LogP contribution in [0.15, 0.2) is 18.9 Å². The first kappa shape index (κ1) is 12.8. The standard InChI is InChI=1S/C12H19N5O/c1-9(2)6-17-12(14-7-15-17)4-11(18)10-5-13-8-16(10)3/h5,7-9,11,18H,4,6H2,1-3H3. The molecule has 0 aromatic carbocycles. The fourth-order valence-corrected chi connectivity index (χ4v) is 1.91. The molecule has 0 aliphatic heterocycles. The minimum atomic E-state index is -0.604. The molecule has 0 fully saturated rings. The molecule has 2 aromatic heterocycles. The summed E-state index contributed by atoms with van der Waals surface area (Å²) in [5.41, 5.74) is 0.786. The van der Waals surface area contributed by atoms with Crippen LogP contribution in [-0.2, 0) is 20.0 Å². The summed E-state index contributed by atoms with van der Waals surface area (Å²) < 4.78 is 3.66. The zero-order valence-electron chi connectivity index (χ0n) is 11.0. The van der Waals surface area contributed by atoms with Crippen LogP contribution < -0.4 is 0 Å². The van der Waals surface area contributed by atoms with Crippen molar-refractivity contribution in [3.8, 4) is 0 Å². The molecule has 2 aromatic rings. The second-order valence-electron chi connectivity index (χ2n) is 4.90. The van der Waals surface area contributed by atoms with Gasteiger partial charge in [-0.1, -0.05) is 13.8 Å². The van der Waals surface area contributed by atoms with Gasteiger partial charge in [0, 0.05) is 20.0 Å². The first-order chi connectivity index (χ1) is 8.58. The van der Waals surface area contributed by atoms with Crippen LogP contribution >= 0.6 is 0 Å². The van der Waals surface area contributed by atoms with Crippen LogP contribution in [0, 0.1) is 5.92 Å². The maximum atomic E-state index is 10.2. The summed E-state index contributed by atoms with van der Waals surface area (Å²) in [4.78, 5) is 8.21. The summed E-state index contributed by atoms with van der Waals surface area (Å²) in [6, 6.07) is 0. The predicted octanol–water partition coefficient (Wildman–Crippen LogP) is 0.944. The molecule has 6 heteroatoms. The van der Waals surface area contributed by atoms with Crippen LogP contribution in [0.2, 0.25) is 0 Å². The predicted molar refractivity (Wildman–Crippen MR) is 66.7 cm³/mol. The van der Waals surface area contributed by atoms with Crippen LogP contribution in [0.5, 0.6) is 0 Å². The highest BCUT2D eigenvalue weighted by atomic mass is 16.3. The number of rotatable bonds is 5. The summed E-state index contributed by atoms with van der Waals surface area (Å²) in [6.07, 6.45) is 4.73. The summed E-state index contributed by atoms with van der Waals surface area (Å²) >= 11 is 0. The van der Waals surface area contributed by atoms with Crippen LogP contribution in [0.1, 0.15) is 31.5 Å². The Morgan fingerprint density at radius 3 is 2.78 bits per heavy atom. The molecule has 0 amide bonds. The third-order valence-electron chi connectivity index (χ3n) is 2.81. The lowest BCUT2D eigenvalue weighted by Gasteiger charge is -2.12. The molecule has 18 heavy (non-hydrogen) atoms. The molecule has 2 rings (SSSR count). The van der Waals surface area contributed by atoms with Crippen molar-refractivity contribution < 1.29 is 5.11 Å². The summed E-state index contributed by atoms with van der Waals surface area (Å²) in [6.45, 7) is 5.07. The number of hydrogen-bond donors (Lipinski definition) is 1. The fraction of sp³-hybridized carbons (Fsp3) is 0.583. The number of aliphatic hydroxyl groups excluding tert-OH is 1. The molecule has 0 spiro atoms. The van der Waals surface area contributed by atoms with Crippen molar-refractivity contribution in [2.75, 3.05) is 0 Å². The van der Waals surface area contributed by atoms with Gasteiger partial charge in [-0.3, -0.25) is 0 Å². The van der Waals surface area contributed by atoms with Crippen LogP contribution in [0.25, 0.3) is 0 Å². The zero-order chi connectivity index (χ0) is 13.1. The van der Waals surface area contributed by atoms with Crippen molar-refractivity contribution in [2.45, 2.75) is 32.9 Å². The van der Waals surface area contributed by atoms with Crippen LogP contribution in [0.3, 0.4) is 0 Å². The Morgan fingerprint density at radius 1 is 1.39 bits per heavy atom. The molecule has 0 saturated heterocycles. The maximum Gasteiger partial charge on any atom is 0.138 e. The topological polar surface area (TPSA) is 68.8 Å². The Bertz CT molecular complexity index is 502. The van der Waals surface area contributed by atoms with Gasteiger partial charge in [-0.15, -0.1) is 0 Å². The molecule has 98 valence electrons.